The lowest BCUT2D eigenvalue weighted by molar-refractivity contribution is -0.127. The van der Waals surface area contributed by atoms with E-state index in [2.05, 4.69) is 16.0 Å². The van der Waals surface area contributed by atoms with E-state index >= 15 is 0 Å². The SMILES string of the molecule is C[C@H](CO)NC(=O)C1CNC(=O)CN1. The molecule has 0 bridgehead atoms. The van der Waals surface area contributed by atoms with E-state index < -0.39 is 6.04 Å². The second-order valence-corrected chi connectivity index (χ2v) is 3.33. The third kappa shape index (κ3) is 2.97. The summed E-state index contributed by atoms with van der Waals surface area (Å²) in [5, 5.41) is 16.7. The van der Waals surface area contributed by atoms with Gasteiger partial charge >= 0.3 is 0 Å². The number of carbonyl (C=O) groups excluding carboxylic acids is 2. The molecule has 0 radical (unpaired) electrons. The summed E-state index contributed by atoms with van der Waals surface area (Å²) < 4.78 is 0. The molecule has 6 heteroatoms. The smallest absolute Gasteiger partial charge is 0.239 e. The number of nitrogens with one attached hydrogen (secondary N) is 3. The molecule has 0 aromatic heterocycles. The van der Waals surface area contributed by atoms with Crippen molar-refractivity contribution < 1.29 is 14.7 Å². The van der Waals surface area contributed by atoms with E-state index in [9.17, 15) is 9.59 Å². The van der Waals surface area contributed by atoms with Gasteiger partial charge in [0.05, 0.1) is 13.2 Å². The number of aliphatic hydroxyl groups is 1. The zero-order valence-electron chi connectivity index (χ0n) is 8.04. The first kappa shape index (κ1) is 10.9. The van der Waals surface area contributed by atoms with E-state index in [4.69, 9.17) is 5.11 Å². The Balaban J connectivity index is 2.34. The summed E-state index contributed by atoms with van der Waals surface area (Å²) in [7, 11) is 0. The number of aliphatic hydroxyl groups excluding tert-OH is 1. The minimum atomic E-state index is -0.401. The van der Waals surface area contributed by atoms with Gasteiger partial charge in [-0.05, 0) is 6.92 Å². The number of rotatable bonds is 3. The van der Waals surface area contributed by atoms with Crippen molar-refractivity contribution in [2.24, 2.45) is 0 Å². The van der Waals surface area contributed by atoms with Crippen LogP contribution in [-0.2, 0) is 9.59 Å². The number of hydrogen-bond donors (Lipinski definition) is 4. The zero-order valence-corrected chi connectivity index (χ0v) is 8.04. The van der Waals surface area contributed by atoms with Gasteiger partial charge in [-0.1, -0.05) is 0 Å². The molecule has 1 aliphatic rings. The largest absolute Gasteiger partial charge is 0.394 e. The molecule has 1 saturated heterocycles. The molecule has 2 amide bonds. The topological polar surface area (TPSA) is 90.5 Å². The Morgan fingerprint density at radius 2 is 2.50 bits per heavy atom. The molecule has 2 atom stereocenters. The lowest BCUT2D eigenvalue weighted by Crippen LogP contribution is -2.59. The number of hydrogen-bond acceptors (Lipinski definition) is 4. The van der Waals surface area contributed by atoms with E-state index in [1.165, 1.54) is 0 Å². The summed E-state index contributed by atoms with van der Waals surface area (Å²) in [6.45, 7) is 2.07. The van der Waals surface area contributed by atoms with E-state index in [1.54, 1.807) is 6.92 Å². The van der Waals surface area contributed by atoms with Gasteiger partial charge in [0, 0.05) is 12.6 Å². The normalized spacial score (nSPS) is 23.9. The fourth-order valence-corrected chi connectivity index (χ4v) is 1.14. The van der Waals surface area contributed by atoms with Crippen LogP contribution < -0.4 is 16.0 Å². The first-order valence-corrected chi connectivity index (χ1v) is 4.55. The Kier molecular flexibility index (Phi) is 3.84. The molecule has 1 fully saturated rings. The Morgan fingerprint density at radius 3 is 3.00 bits per heavy atom. The molecule has 1 aliphatic heterocycles. The standard InChI is InChI=1S/C8H15N3O3/c1-5(4-12)11-8(14)6-2-10-7(13)3-9-6/h5-6,9,12H,2-4H2,1H3,(H,10,13)(H,11,14)/t5-,6?/m1/s1. The van der Waals surface area contributed by atoms with Crippen LogP contribution in [0.2, 0.25) is 0 Å². The highest BCUT2D eigenvalue weighted by Crippen LogP contribution is 1.90. The van der Waals surface area contributed by atoms with Crippen LogP contribution in [0.1, 0.15) is 6.92 Å². The second-order valence-electron chi connectivity index (χ2n) is 3.33. The third-order valence-electron chi connectivity index (χ3n) is 1.99. The second kappa shape index (κ2) is 4.92. The molecule has 0 spiro atoms. The summed E-state index contributed by atoms with van der Waals surface area (Å²) in [6, 6.07) is -0.663. The van der Waals surface area contributed by atoms with E-state index in [0.29, 0.717) is 6.54 Å². The van der Waals surface area contributed by atoms with Gasteiger partial charge in [-0.2, -0.15) is 0 Å². The Hall–Kier alpha value is -1.14. The maximum Gasteiger partial charge on any atom is 0.239 e. The average molecular weight is 201 g/mol. The van der Waals surface area contributed by atoms with Gasteiger partial charge in [-0.3, -0.25) is 14.9 Å². The van der Waals surface area contributed by atoms with Crippen LogP contribution in [0.5, 0.6) is 0 Å². The molecule has 0 saturated carbocycles. The van der Waals surface area contributed by atoms with E-state index in [0.717, 1.165) is 0 Å². The van der Waals surface area contributed by atoms with Crippen molar-refractivity contribution in [3.8, 4) is 0 Å². The van der Waals surface area contributed by atoms with Crippen LogP contribution in [0, 0.1) is 0 Å². The summed E-state index contributed by atoms with van der Waals surface area (Å²) in [5.74, 6) is -0.309. The zero-order chi connectivity index (χ0) is 10.6. The summed E-state index contributed by atoms with van der Waals surface area (Å²) in [5.41, 5.74) is 0. The predicted octanol–water partition coefficient (Wildman–Crippen LogP) is -2.43. The molecule has 0 aromatic carbocycles. The highest BCUT2D eigenvalue weighted by atomic mass is 16.3. The van der Waals surface area contributed by atoms with Crippen LogP contribution in [0.15, 0.2) is 0 Å². The molecule has 4 N–H and O–H groups in total. The maximum absolute atomic E-state index is 11.4. The monoisotopic (exact) mass is 201 g/mol. The molecule has 14 heavy (non-hydrogen) atoms. The van der Waals surface area contributed by atoms with Crippen molar-refractivity contribution >= 4 is 11.8 Å². The number of carbonyl (C=O) groups is 2. The van der Waals surface area contributed by atoms with Gasteiger partial charge in [0.25, 0.3) is 0 Å². The third-order valence-corrected chi connectivity index (χ3v) is 1.99. The Morgan fingerprint density at radius 1 is 1.79 bits per heavy atom. The maximum atomic E-state index is 11.4. The van der Waals surface area contributed by atoms with Gasteiger partial charge in [0.1, 0.15) is 6.04 Å². The predicted molar refractivity (Wildman–Crippen MR) is 49.5 cm³/mol. The molecule has 6 nitrogen and oxygen atoms in total. The molecule has 0 aliphatic carbocycles. The van der Waals surface area contributed by atoms with E-state index in [-0.39, 0.29) is 31.0 Å². The van der Waals surface area contributed by atoms with Crippen molar-refractivity contribution in [2.75, 3.05) is 19.7 Å². The molecule has 1 rings (SSSR count). The minimum absolute atomic E-state index is 0.0924. The molecular weight excluding hydrogens is 186 g/mol. The van der Waals surface area contributed by atoms with Crippen molar-refractivity contribution in [3.63, 3.8) is 0 Å². The van der Waals surface area contributed by atoms with Crippen LogP contribution in [0.4, 0.5) is 0 Å². The molecule has 1 unspecified atom stereocenters. The molecule has 80 valence electrons. The molecule has 0 aromatic rings. The van der Waals surface area contributed by atoms with Gasteiger partial charge in [0.15, 0.2) is 0 Å². The highest BCUT2D eigenvalue weighted by molar-refractivity contribution is 5.86. The van der Waals surface area contributed by atoms with Crippen LogP contribution >= 0.6 is 0 Å². The fourth-order valence-electron chi connectivity index (χ4n) is 1.14. The van der Waals surface area contributed by atoms with Gasteiger partial charge < -0.3 is 15.7 Å². The van der Waals surface area contributed by atoms with Gasteiger partial charge in [-0.15, -0.1) is 0 Å². The first-order valence-electron chi connectivity index (χ1n) is 4.55. The number of amides is 2. The Bertz CT molecular complexity index is 222. The molecular formula is C8H15N3O3. The lowest BCUT2D eigenvalue weighted by atomic mass is 10.2. The highest BCUT2D eigenvalue weighted by Gasteiger charge is 2.24. The summed E-state index contributed by atoms with van der Waals surface area (Å²) in [4.78, 5) is 22.2. The van der Waals surface area contributed by atoms with Crippen LogP contribution in [-0.4, -0.2) is 48.7 Å². The number of piperazine rings is 1. The van der Waals surface area contributed by atoms with Gasteiger partial charge in [0.2, 0.25) is 11.8 Å². The quantitative estimate of drug-likeness (QED) is 0.409. The summed E-state index contributed by atoms with van der Waals surface area (Å²) >= 11 is 0. The molecule has 1 heterocycles. The van der Waals surface area contributed by atoms with Crippen molar-refractivity contribution in [1.82, 2.24) is 16.0 Å². The van der Waals surface area contributed by atoms with Crippen molar-refractivity contribution in [2.45, 2.75) is 19.0 Å². The van der Waals surface area contributed by atoms with Crippen LogP contribution in [0.3, 0.4) is 0 Å². The van der Waals surface area contributed by atoms with Crippen molar-refractivity contribution in [3.05, 3.63) is 0 Å². The Labute approximate surface area is 82.1 Å². The van der Waals surface area contributed by atoms with E-state index in [1.807, 2.05) is 0 Å². The minimum Gasteiger partial charge on any atom is -0.394 e. The van der Waals surface area contributed by atoms with Gasteiger partial charge in [-0.25, -0.2) is 0 Å². The average Bonchev–Trinajstić information content (AvgIpc) is 2.18. The van der Waals surface area contributed by atoms with Crippen LogP contribution in [0.25, 0.3) is 0 Å². The van der Waals surface area contributed by atoms with Crippen molar-refractivity contribution in [1.29, 1.82) is 0 Å². The lowest BCUT2D eigenvalue weighted by Gasteiger charge is -2.24. The first-order chi connectivity index (χ1) is 6.63. The summed E-state index contributed by atoms with van der Waals surface area (Å²) in [6.07, 6.45) is 0. The fraction of sp³-hybridized carbons (Fsp3) is 0.750.